The lowest BCUT2D eigenvalue weighted by Crippen LogP contribution is -2.11. The van der Waals surface area contributed by atoms with Crippen LogP contribution in [0.25, 0.3) is 0 Å². The van der Waals surface area contributed by atoms with Gasteiger partial charge in [-0.3, -0.25) is 4.79 Å². The zero-order valence-electron chi connectivity index (χ0n) is 8.64. The molecule has 1 heteroatoms. The number of hydrogen-bond donors (Lipinski definition) is 0. The summed E-state index contributed by atoms with van der Waals surface area (Å²) in [6.45, 7) is 5.70. The second kappa shape index (κ2) is 5.21. The fourth-order valence-corrected chi connectivity index (χ4v) is 2.12. The highest BCUT2D eigenvalue weighted by Crippen LogP contribution is 2.26. The lowest BCUT2D eigenvalue weighted by Gasteiger charge is -2.20. The van der Waals surface area contributed by atoms with Gasteiger partial charge in [0.05, 0.1) is 0 Å². The van der Waals surface area contributed by atoms with Crippen molar-refractivity contribution in [3.63, 3.8) is 0 Å². The first-order valence-electron chi connectivity index (χ1n) is 5.34. The number of hydrogen-bond acceptors (Lipinski definition) is 1. The summed E-state index contributed by atoms with van der Waals surface area (Å²) in [5.74, 6) is 1.07. The summed E-state index contributed by atoms with van der Waals surface area (Å²) >= 11 is 0. The third-order valence-electron chi connectivity index (χ3n) is 2.74. The molecule has 0 saturated heterocycles. The first-order valence-corrected chi connectivity index (χ1v) is 5.34. The van der Waals surface area contributed by atoms with Crippen LogP contribution in [0.15, 0.2) is 12.2 Å². The fourth-order valence-electron chi connectivity index (χ4n) is 2.12. The monoisotopic (exact) mass is 180 g/mol. The topological polar surface area (TPSA) is 17.1 Å². The summed E-state index contributed by atoms with van der Waals surface area (Å²) in [6, 6.07) is 0. The van der Waals surface area contributed by atoms with Gasteiger partial charge in [0, 0.05) is 12.8 Å². The minimum Gasteiger partial charge on any atom is -0.299 e. The fraction of sp³-hybridized carbons (Fsp3) is 0.750. The molecule has 13 heavy (non-hydrogen) atoms. The number of allylic oxidation sites excluding steroid dienone is 1. The molecule has 0 aliphatic heterocycles. The van der Waals surface area contributed by atoms with Crippen LogP contribution in [-0.2, 0) is 4.79 Å². The van der Waals surface area contributed by atoms with Crippen molar-refractivity contribution in [3.8, 4) is 0 Å². The summed E-state index contributed by atoms with van der Waals surface area (Å²) in [5, 5.41) is 0. The normalized spacial score (nSPS) is 18.5. The summed E-state index contributed by atoms with van der Waals surface area (Å²) in [6.07, 6.45) is 7.94. The summed E-state index contributed by atoms with van der Waals surface area (Å²) < 4.78 is 0. The molecule has 0 unspecified atom stereocenters. The predicted octanol–water partition coefficient (Wildman–Crippen LogP) is 3.49. The van der Waals surface area contributed by atoms with Gasteiger partial charge in [-0.05, 0) is 12.8 Å². The van der Waals surface area contributed by atoms with Crippen molar-refractivity contribution in [1.29, 1.82) is 0 Å². The van der Waals surface area contributed by atoms with Crippen molar-refractivity contribution in [2.75, 3.05) is 0 Å². The first-order chi connectivity index (χ1) is 6.18. The molecular weight excluding hydrogens is 160 g/mol. The molecular formula is C12H20O. The Labute approximate surface area is 81.2 Å². The van der Waals surface area contributed by atoms with E-state index < -0.39 is 0 Å². The Morgan fingerprint density at radius 1 is 1.31 bits per heavy atom. The van der Waals surface area contributed by atoms with Gasteiger partial charge in [-0.1, -0.05) is 44.3 Å². The molecule has 74 valence electrons. The van der Waals surface area contributed by atoms with Gasteiger partial charge in [-0.2, -0.15) is 0 Å². The smallest absolute Gasteiger partial charge is 0.137 e. The molecule has 0 bridgehead atoms. The van der Waals surface area contributed by atoms with E-state index in [9.17, 15) is 4.79 Å². The second-order valence-corrected chi connectivity index (χ2v) is 4.38. The molecule has 0 aromatic carbocycles. The predicted molar refractivity (Wildman–Crippen MR) is 55.6 cm³/mol. The second-order valence-electron chi connectivity index (χ2n) is 4.38. The lowest BCUT2D eigenvalue weighted by molar-refractivity contribution is -0.119. The Morgan fingerprint density at radius 3 is 2.46 bits per heavy atom. The van der Waals surface area contributed by atoms with E-state index in [4.69, 9.17) is 0 Å². The average molecular weight is 180 g/mol. The van der Waals surface area contributed by atoms with Gasteiger partial charge in [0.2, 0.25) is 0 Å². The number of ketones is 1. The molecule has 0 atom stereocenters. The average Bonchev–Trinajstić information content (AvgIpc) is 2.04. The number of Topliss-reactive ketones (excluding diaryl/α,β-unsaturated/α-hetero) is 1. The highest BCUT2D eigenvalue weighted by atomic mass is 16.1. The standard InChI is InChI=1S/C12H20O/c1-10(2)8-12(13)9-11-6-4-3-5-7-11/h11H,1,3-9H2,2H3. The maximum Gasteiger partial charge on any atom is 0.137 e. The molecule has 0 spiro atoms. The molecule has 0 N–H and O–H groups in total. The summed E-state index contributed by atoms with van der Waals surface area (Å²) in [4.78, 5) is 11.5. The van der Waals surface area contributed by atoms with Crippen molar-refractivity contribution >= 4 is 5.78 Å². The first kappa shape index (κ1) is 10.5. The van der Waals surface area contributed by atoms with E-state index in [1.54, 1.807) is 0 Å². The molecule has 1 rings (SSSR count). The Morgan fingerprint density at radius 2 is 1.92 bits per heavy atom. The van der Waals surface area contributed by atoms with E-state index in [0.717, 1.165) is 12.0 Å². The minimum absolute atomic E-state index is 0.388. The molecule has 1 fully saturated rings. The van der Waals surface area contributed by atoms with Gasteiger partial charge in [0.1, 0.15) is 5.78 Å². The van der Waals surface area contributed by atoms with Crippen LogP contribution in [0.2, 0.25) is 0 Å². The van der Waals surface area contributed by atoms with Crippen LogP contribution in [0, 0.1) is 5.92 Å². The zero-order chi connectivity index (χ0) is 9.68. The maximum atomic E-state index is 11.5. The Hall–Kier alpha value is -0.590. The third kappa shape index (κ3) is 4.25. The van der Waals surface area contributed by atoms with Gasteiger partial charge in [0.25, 0.3) is 0 Å². The molecule has 0 amide bonds. The molecule has 0 radical (unpaired) electrons. The lowest BCUT2D eigenvalue weighted by atomic mass is 9.85. The number of carbonyl (C=O) groups excluding carboxylic acids is 1. The molecule has 1 aliphatic rings. The number of rotatable bonds is 4. The van der Waals surface area contributed by atoms with Crippen molar-refractivity contribution < 1.29 is 4.79 Å². The van der Waals surface area contributed by atoms with E-state index in [-0.39, 0.29) is 0 Å². The largest absolute Gasteiger partial charge is 0.299 e. The van der Waals surface area contributed by atoms with E-state index in [1.165, 1.54) is 32.1 Å². The van der Waals surface area contributed by atoms with Crippen molar-refractivity contribution in [1.82, 2.24) is 0 Å². The van der Waals surface area contributed by atoms with Crippen LogP contribution in [0.5, 0.6) is 0 Å². The number of carbonyl (C=O) groups is 1. The molecule has 1 saturated carbocycles. The highest BCUT2D eigenvalue weighted by Gasteiger charge is 2.16. The van der Waals surface area contributed by atoms with Crippen LogP contribution in [0.4, 0.5) is 0 Å². The maximum absolute atomic E-state index is 11.5. The Balaban J connectivity index is 2.22. The third-order valence-corrected chi connectivity index (χ3v) is 2.74. The van der Waals surface area contributed by atoms with E-state index in [0.29, 0.717) is 18.1 Å². The minimum atomic E-state index is 0.388. The van der Waals surface area contributed by atoms with E-state index in [1.807, 2.05) is 6.92 Å². The van der Waals surface area contributed by atoms with Gasteiger partial charge >= 0.3 is 0 Å². The van der Waals surface area contributed by atoms with Crippen LogP contribution in [0.1, 0.15) is 51.9 Å². The molecule has 0 aromatic heterocycles. The molecule has 0 heterocycles. The SMILES string of the molecule is C=C(C)CC(=O)CC1CCCCC1. The molecule has 0 aromatic rings. The van der Waals surface area contributed by atoms with Gasteiger partial charge < -0.3 is 0 Å². The van der Waals surface area contributed by atoms with E-state index >= 15 is 0 Å². The van der Waals surface area contributed by atoms with Crippen molar-refractivity contribution in [2.45, 2.75) is 51.9 Å². The Bertz CT molecular complexity index is 187. The van der Waals surface area contributed by atoms with E-state index in [2.05, 4.69) is 6.58 Å². The molecule has 1 aliphatic carbocycles. The van der Waals surface area contributed by atoms with Gasteiger partial charge in [0.15, 0.2) is 0 Å². The van der Waals surface area contributed by atoms with Crippen molar-refractivity contribution in [2.24, 2.45) is 5.92 Å². The Kier molecular flexibility index (Phi) is 4.20. The van der Waals surface area contributed by atoms with Crippen LogP contribution in [-0.4, -0.2) is 5.78 Å². The summed E-state index contributed by atoms with van der Waals surface area (Å²) in [5.41, 5.74) is 1.00. The zero-order valence-corrected chi connectivity index (χ0v) is 8.64. The van der Waals surface area contributed by atoms with Crippen LogP contribution >= 0.6 is 0 Å². The van der Waals surface area contributed by atoms with Crippen molar-refractivity contribution in [3.05, 3.63) is 12.2 Å². The van der Waals surface area contributed by atoms with Gasteiger partial charge in [-0.25, -0.2) is 0 Å². The van der Waals surface area contributed by atoms with Crippen LogP contribution in [0.3, 0.4) is 0 Å². The highest BCUT2D eigenvalue weighted by molar-refractivity contribution is 5.80. The van der Waals surface area contributed by atoms with Gasteiger partial charge in [-0.15, -0.1) is 0 Å². The summed E-state index contributed by atoms with van der Waals surface area (Å²) in [7, 11) is 0. The molecule has 1 nitrogen and oxygen atoms in total. The quantitative estimate of drug-likeness (QED) is 0.605. The van der Waals surface area contributed by atoms with Crippen LogP contribution < -0.4 is 0 Å².